The summed E-state index contributed by atoms with van der Waals surface area (Å²) in [5, 5.41) is 3.46. The molecule has 28 heavy (non-hydrogen) atoms. The summed E-state index contributed by atoms with van der Waals surface area (Å²) in [7, 11) is 3.84. The fourth-order valence-corrected chi connectivity index (χ4v) is 3.51. The van der Waals surface area contributed by atoms with Crippen LogP contribution in [0.3, 0.4) is 0 Å². The van der Waals surface area contributed by atoms with Crippen LogP contribution in [0.2, 0.25) is 0 Å². The maximum atomic E-state index is 5.47. The van der Waals surface area contributed by atoms with Gasteiger partial charge in [0.2, 0.25) is 6.79 Å². The molecular weight excluding hydrogens is 352 g/mol. The third-order valence-electron chi connectivity index (χ3n) is 4.97. The Morgan fingerprint density at radius 3 is 2.71 bits per heavy atom. The molecule has 146 valence electrons. The molecule has 0 saturated heterocycles. The molecule has 0 aliphatic carbocycles. The van der Waals surface area contributed by atoms with Gasteiger partial charge in [-0.3, -0.25) is 4.99 Å². The lowest BCUT2D eigenvalue weighted by Gasteiger charge is -2.23. The van der Waals surface area contributed by atoms with E-state index in [0.717, 1.165) is 49.2 Å². The molecular formula is C22H26N4O2. The Morgan fingerprint density at radius 2 is 1.89 bits per heavy atom. The van der Waals surface area contributed by atoms with Crippen LogP contribution in [0.4, 0.5) is 5.69 Å². The van der Waals surface area contributed by atoms with E-state index in [-0.39, 0.29) is 0 Å². The molecule has 2 heterocycles. The van der Waals surface area contributed by atoms with Crippen molar-refractivity contribution in [1.82, 2.24) is 10.2 Å². The first-order valence-electron chi connectivity index (χ1n) is 9.52. The third-order valence-corrected chi connectivity index (χ3v) is 4.97. The van der Waals surface area contributed by atoms with Gasteiger partial charge in [-0.05, 0) is 35.4 Å². The Hall–Kier alpha value is -3.15. The van der Waals surface area contributed by atoms with Crippen molar-refractivity contribution >= 4 is 11.6 Å². The van der Waals surface area contributed by atoms with E-state index in [1.807, 2.05) is 26.2 Å². The third kappa shape index (κ3) is 4.06. The zero-order valence-corrected chi connectivity index (χ0v) is 16.4. The minimum absolute atomic E-state index is 0.296. The van der Waals surface area contributed by atoms with Crippen molar-refractivity contribution in [2.24, 2.45) is 4.99 Å². The van der Waals surface area contributed by atoms with Crippen molar-refractivity contribution in [3.8, 4) is 11.5 Å². The maximum absolute atomic E-state index is 5.47. The molecule has 0 radical (unpaired) electrons. The van der Waals surface area contributed by atoms with Gasteiger partial charge in [0.05, 0.1) is 0 Å². The summed E-state index contributed by atoms with van der Waals surface area (Å²) in [6, 6.07) is 14.7. The SMILES string of the molecule is CN=C(NCc1cccc(N2CC=CC2)c1)N(C)Cc1ccc2c(c1)OCO2. The van der Waals surface area contributed by atoms with E-state index in [2.05, 4.69) is 62.6 Å². The average Bonchev–Trinajstić information content (AvgIpc) is 3.40. The smallest absolute Gasteiger partial charge is 0.231 e. The van der Waals surface area contributed by atoms with Gasteiger partial charge in [-0.2, -0.15) is 0 Å². The topological polar surface area (TPSA) is 49.3 Å². The number of hydrogen-bond donors (Lipinski definition) is 1. The van der Waals surface area contributed by atoms with Crippen LogP contribution in [-0.2, 0) is 13.1 Å². The van der Waals surface area contributed by atoms with Crippen molar-refractivity contribution in [2.75, 3.05) is 38.9 Å². The number of nitrogens with zero attached hydrogens (tertiary/aromatic N) is 3. The van der Waals surface area contributed by atoms with E-state index < -0.39 is 0 Å². The fraction of sp³-hybridized carbons (Fsp3) is 0.318. The number of anilines is 1. The summed E-state index contributed by atoms with van der Waals surface area (Å²) in [5.41, 5.74) is 3.65. The second kappa shape index (κ2) is 8.25. The molecule has 6 nitrogen and oxygen atoms in total. The molecule has 0 fully saturated rings. The summed E-state index contributed by atoms with van der Waals surface area (Å²) in [4.78, 5) is 8.88. The summed E-state index contributed by atoms with van der Waals surface area (Å²) in [6.07, 6.45) is 4.41. The lowest BCUT2D eigenvalue weighted by atomic mass is 10.2. The predicted molar refractivity (Wildman–Crippen MR) is 112 cm³/mol. The molecule has 4 rings (SSSR count). The molecule has 1 N–H and O–H groups in total. The molecule has 0 unspecified atom stereocenters. The van der Waals surface area contributed by atoms with Crippen LogP contribution in [0.25, 0.3) is 0 Å². The highest BCUT2D eigenvalue weighted by molar-refractivity contribution is 5.79. The second-order valence-electron chi connectivity index (χ2n) is 6.99. The van der Waals surface area contributed by atoms with Gasteiger partial charge in [-0.25, -0.2) is 0 Å². The molecule has 2 aromatic carbocycles. The monoisotopic (exact) mass is 378 g/mol. The quantitative estimate of drug-likeness (QED) is 0.492. The van der Waals surface area contributed by atoms with Crippen LogP contribution in [0.5, 0.6) is 11.5 Å². The summed E-state index contributed by atoms with van der Waals surface area (Å²) < 4.78 is 10.9. The predicted octanol–water partition coefficient (Wildman–Crippen LogP) is 3.00. The first-order valence-corrected chi connectivity index (χ1v) is 9.52. The average molecular weight is 378 g/mol. The zero-order valence-electron chi connectivity index (χ0n) is 16.4. The molecule has 0 bridgehead atoms. The van der Waals surface area contributed by atoms with Crippen LogP contribution >= 0.6 is 0 Å². The molecule has 0 aromatic heterocycles. The molecule has 2 aliphatic heterocycles. The zero-order chi connectivity index (χ0) is 19.3. The number of rotatable bonds is 5. The highest BCUT2D eigenvalue weighted by Crippen LogP contribution is 2.32. The van der Waals surface area contributed by atoms with Gasteiger partial charge in [-0.15, -0.1) is 0 Å². The van der Waals surface area contributed by atoms with Gasteiger partial charge in [0.25, 0.3) is 0 Å². The Bertz CT molecular complexity index is 886. The van der Waals surface area contributed by atoms with Crippen molar-refractivity contribution in [3.05, 3.63) is 65.7 Å². The van der Waals surface area contributed by atoms with Gasteiger partial charge in [0.15, 0.2) is 17.5 Å². The van der Waals surface area contributed by atoms with Crippen molar-refractivity contribution in [3.63, 3.8) is 0 Å². The van der Waals surface area contributed by atoms with Crippen molar-refractivity contribution in [1.29, 1.82) is 0 Å². The first-order chi connectivity index (χ1) is 13.7. The Morgan fingerprint density at radius 1 is 1.07 bits per heavy atom. The number of aliphatic imine (C=N–C) groups is 1. The van der Waals surface area contributed by atoms with Crippen molar-refractivity contribution in [2.45, 2.75) is 13.1 Å². The number of fused-ring (bicyclic) bond motifs is 1. The highest BCUT2D eigenvalue weighted by atomic mass is 16.7. The van der Waals surface area contributed by atoms with E-state index in [4.69, 9.17) is 9.47 Å². The van der Waals surface area contributed by atoms with Gasteiger partial charge >= 0.3 is 0 Å². The van der Waals surface area contributed by atoms with Crippen LogP contribution in [-0.4, -0.2) is 44.8 Å². The first kappa shape index (κ1) is 18.2. The van der Waals surface area contributed by atoms with E-state index in [9.17, 15) is 0 Å². The normalized spacial score (nSPS) is 15.2. The lowest BCUT2D eigenvalue weighted by molar-refractivity contribution is 0.174. The number of guanidine groups is 1. The number of hydrogen-bond acceptors (Lipinski definition) is 4. The molecule has 2 aromatic rings. The largest absolute Gasteiger partial charge is 0.454 e. The fourth-order valence-electron chi connectivity index (χ4n) is 3.51. The Labute approximate surface area is 166 Å². The minimum Gasteiger partial charge on any atom is -0.454 e. The summed E-state index contributed by atoms with van der Waals surface area (Å²) >= 11 is 0. The molecule has 0 amide bonds. The number of benzene rings is 2. The Kier molecular flexibility index (Phi) is 5.37. The molecule has 2 aliphatic rings. The van der Waals surface area contributed by atoms with E-state index in [1.54, 1.807) is 0 Å². The standard InChI is InChI=1S/C22H26N4O2/c1-23-22(25(2)15-18-8-9-20-21(13-18)28-16-27-20)24-14-17-6-5-7-19(12-17)26-10-3-4-11-26/h3-9,12-13H,10-11,14-16H2,1-2H3,(H,23,24). The Balaban J connectivity index is 1.36. The lowest BCUT2D eigenvalue weighted by Crippen LogP contribution is -2.38. The van der Waals surface area contributed by atoms with Gasteiger partial charge in [-0.1, -0.05) is 30.4 Å². The molecule has 6 heteroatoms. The molecule has 0 spiro atoms. The van der Waals surface area contributed by atoms with Crippen molar-refractivity contribution < 1.29 is 9.47 Å². The van der Waals surface area contributed by atoms with E-state index in [1.165, 1.54) is 11.3 Å². The molecule has 0 saturated carbocycles. The van der Waals surface area contributed by atoms with Gasteiger partial charge < -0.3 is 24.6 Å². The van der Waals surface area contributed by atoms with Crippen LogP contribution < -0.4 is 19.7 Å². The van der Waals surface area contributed by atoms with Gasteiger partial charge in [0.1, 0.15) is 0 Å². The van der Waals surface area contributed by atoms with E-state index >= 15 is 0 Å². The second-order valence-corrected chi connectivity index (χ2v) is 6.99. The van der Waals surface area contributed by atoms with Crippen LogP contribution in [0.1, 0.15) is 11.1 Å². The number of nitrogens with one attached hydrogen (secondary N) is 1. The molecule has 0 atom stereocenters. The minimum atomic E-state index is 0.296. The number of ether oxygens (including phenoxy) is 2. The van der Waals surface area contributed by atoms with Gasteiger partial charge in [0, 0.05) is 46.0 Å². The highest BCUT2D eigenvalue weighted by Gasteiger charge is 2.15. The van der Waals surface area contributed by atoms with E-state index in [0.29, 0.717) is 6.79 Å². The summed E-state index contributed by atoms with van der Waals surface area (Å²) in [6.45, 7) is 3.72. The van der Waals surface area contributed by atoms with Crippen LogP contribution in [0.15, 0.2) is 59.6 Å². The summed E-state index contributed by atoms with van der Waals surface area (Å²) in [5.74, 6) is 2.47. The van der Waals surface area contributed by atoms with Crippen LogP contribution in [0, 0.1) is 0 Å². The maximum Gasteiger partial charge on any atom is 0.231 e.